The highest BCUT2D eigenvalue weighted by Gasteiger charge is 2.50. The first kappa shape index (κ1) is 18.7. The lowest BCUT2D eigenvalue weighted by atomic mass is 9.71. The molecular formula is C18H33NO4. The third kappa shape index (κ3) is 4.27. The topological polar surface area (TPSA) is 62.2 Å². The van der Waals surface area contributed by atoms with Gasteiger partial charge in [-0.3, -0.25) is 0 Å². The number of aliphatic hydroxyl groups excluding tert-OH is 2. The van der Waals surface area contributed by atoms with Crippen LogP contribution in [0.1, 0.15) is 47.5 Å². The van der Waals surface area contributed by atoms with E-state index < -0.39 is 11.9 Å². The number of hydrogen-bond donors (Lipinski definition) is 2. The summed E-state index contributed by atoms with van der Waals surface area (Å²) in [5, 5.41) is 21.0. The quantitative estimate of drug-likeness (QED) is 0.813. The molecule has 1 saturated heterocycles. The van der Waals surface area contributed by atoms with E-state index in [1.165, 1.54) is 0 Å². The highest BCUT2D eigenvalue weighted by atomic mass is 16.7. The maximum absolute atomic E-state index is 10.5. The van der Waals surface area contributed by atoms with Crippen LogP contribution in [0.5, 0.6) is 0 Å². The van der Waals surface area contributed by atoms with E-state index >= 15 is 0 Å². The first-order chi connectivity index (χ1) is 10.7. The summed E-state index contributed by atoms with van der Waals surface area (Å²) in [4.78, 5) is 2.34. The van der Waals surface area contributed by atoms with E-state index in [0.717, 1.165) is 26.1 Å². The minimum Gasteiger partial charge on any atom is -0.512 e. The van der Waals surface area contributed by atoms with Crippen molar-refractivity contribution in [1.82, 2.24) is 4.90 Å². The second-order valence-electron chi connectivity index (χ2n) is 7.94. The zero-order valence-corrected chi connectivity index (χ0v) is 15.2. The van der Waals surface area contributed by atoms with Crippen LogP contribution in [0.4, 0.5) is 0 Å². The summed E-state index contributed by atoms with van der Waals surface area (Å²) in [7, 11) is 0. The van der Waals surface area contributed by atoms with Crippen molar-refractivity contribution < 1.29 is 19.7 Å². The van der Waals surface area contributed by atoms with Gasteiger partial charge in [-0.15, -0.1) is 0 Å². The molecule has 2 rings (SSSR count). The van der Waals surface area contributed by atoms with Crippen LogP contribution in [0.2, 0.25) is 0 Å². The fraction of sp³-hybridized carbons (Fsp3) is 0.889. The van der Waals surface area contributed by atoms with Crippen LogP contribution in [0, 0.1) is 11.3 Å². The number of aliphatic hydroxyl groups is 2. The SMILES string of the molecule is CCCN(CC)CC1COC2(C=C(O)C(C(C)(C)C)C(O)C2)O1. The molecule has 0 aromatic carbocycles. The van der Waals surface area contributed by atoms with E-state index in [1.807, 2.05) is 20.8 Å². The Labute approximate surface area is 140 Å². The Kier molecular flexibility index (Phi) is 5.77. The molecule has 0 aromatic heterocycles. The normalized spacial score (nSPS) is 35.1. The molecule has 5 nitrogen and oxygen atoms in total. The predicted molar refractivity (Wildman–Crippen MR) is 90.2 cm³/mol. The molecule has 0 aromatic rings. The molecule has 0 saturated carbocycles. The van der Waals surface area contributed by atoms with E-state index in [-0.39, 0.29) is 23.2 Å². The van der Waals surface area contributed by atoms with Gasteiger partial charge in [-0.1, -0.05) is 34.6 Å². The van der Waals surface area contributed by atoms with Gasteiger partial charge in [-0.25, -0.2) is 0 Å². The van der Waals surface area contributed by atoms with Gasteiger partial charge in [-0.2, -0.15) is 0 Å². The third-order valence-electron chi connectivity index (χ3n) is 4.83. The van der Waals surface area contributed by atoms with Crippen molar-refractivity contribution in [3.05, 3.63) is 11.8 Å². The van der Waals surface area contributed by atoms with Crippen molar-refractivity contribution in [2.24, 2.45) is 11.3 Å². The van der Waals surface area contributed by atoms with Gasteiger partial charge in [0.25, 0.3) is 0 Å². The Balaban J connectivity index is 2.06. The molecule has 4 unspecified atom stereocenters. The molecule has 2 N–H and O–H groups in total. The average Bonchev–Trinajstić information content (AvgIpc) is 2.77. The molecule has 1 aliphatic carbocycles. The molecule has 23 heavy (non-hydrogen) atoms. The van der Waals surface area contributed by atoms with Crippen molar-refractivity contribution in [1.29, 1.82) is 0 Å². The number of hydrogen-bond acceptors (Lipinski definition) is 5. The molecule has 1 aliphatic heterocycles. The summed E-state index contributed by atoms with van der Waals surface area (Å²) in [6.45, 7) is 13.7. The summed E-state index contributed by atoms with van der Waals surface area (Å²) in [6.07, 6.45) is 2.46. The van der Waals surface area contributed by atoms with Gasteiger partial charge in [0.05, 0.1) is 24.6 Å². The Hall–Kier alpha value is -0.620. The first-order valence-electron chi connectivity index (χ1n) is 8.84. The minimum atomic E-state index is -0.971. The van der Waals surface area contributed by atoms with E-state index in [2.05, 4.69) is 18.7 Å². The largest absolute Gasteiger partial charge is 0.512 e. The van der Waals surface area contributed by atoms with E-state index in [9.17, 15) is 10.2 Å². The van der Waals surface area contributed by atoms with E-state index in [0.29, 0.717) is 13.0 Å². The molecule has 1 fully saturated rings. The molecule has 0 bridgehead atoms. The Bertz CT molecular complexity index is 431. The smallest absolute Gasteiger partial charge is 0.194 e. The summed E-state index contributed by atoms with van der Waals surface area (Å²) in [6, 6.07) is 0. The van der Waals surface area contributed by atoms with Gasteiger partial charge in [0.1, 0.15) is 0 Å². The summed E-state index contributed by atoms with van der Waals surface area (Å²) >= 11 is 0. The van der Waals surface area contributed by atoms with E-state index in [1.54, 1.807) is 6.08 Å². The van der Waals surface area contributed by atoms with Crippen molar-refractivity contribution in [3.8, 4) is 0 Å². The van der Waals surface area contributed by atoms with Crippen molar-refractivity contribution in [2.45, 2.75) is 65.5 Å². The molecule has 0 radical (unpaired) electrons. The lowest BCUT2D eigenvalue weighted by Gasteiger charge is -2.41. The lowest BCUT2D eigenvalue weighted by Crippen LogP contribution is -2.46. The van der Waals surface area contributed by atoms with Gasteiger partial charge >= 0.3 is 0 Å². The van der Waals surface area contributed by atoms with Crippen molar-refractivity contribution in [2.75, 3.05) is 26.2 Å². The Morgan fingerprint density at radius 3 is 2.57 bits per heavy atom. The second kappa shape index (κ2) is 7.09. The monoisotopic (exact) mass is 327 g/mol. The van der Waals surface area contributed by atoms with Crippen LogP contribution < -0.4 is 0 Å². The summed E-state index contributed by atoms with van der Waals surface area (Å²) in [5.41, 5.74) is -0.209. The maximum atomic E-state index is 10.5. The predicted octanol–water partition coefficient (Wildman–Crippen LogP) is 2.70. The van der Waals surface area contributed by atoms with Crippen LogP contribution in [-0.4, -0.2) is 59.3 Å². The Morgan fingerprint density at radius 2 is 2.04 bits per heavy atom. The maximum Gasteiger partial charge on any atom is 0.194 e. The fourth-order valence-electron chi connectivity index (χ4n) is 3.84. The first-order valence-corrected chi connectivity index (χ1v) is 8.84. The summed E-state index contributed by atoms with van der Waals surface area (Å²) in [5.74, 6) is -1.08. The zero-order chi connectivity index (χ0) is 17.3. The van der Waals surface area contributed by atoms with Crippen LogP contribution >= 0.6 is 0 Å². The third-order valence-corrected chi connectivity index (χ3v) is 4.83. The zero-order valence-electron chi connectivity index (χ0n) is 15.2. The van der Waals surface area contributed by atoms with E-state index in [4.69, 9.17) is 9.47 Å². The molecule has 1 spiro atoms. The standard InChI is InChI=1S/C18H33NO4/c1-6-8-19(7-2)11-13-12-22-18(23-13)9-14(20)16(15(21)10-18)17(3,4)5/h9,13,15-16,20-21H,6-8,10-12H2,1-5H3. The number of likely N-dealkylation sites (N-methyl/N-ethyl adjacent to an activating group) is 1. The van der Waals surface area contributed by atoms with Gasteiger partial charge < -0.3 is 24.6 Å². The van der Waals surface area contributed by atoms with Crippen molar-refractivity contribution in [3.63, 3.8) is 0 Å². The highest BCUT2D eigenvalue weighted by Crippen LogP contribution is 2.44. The second-order valence-corrected chi connectivity index (χ2v) is 7.94. The molecule has 4 atom stereocenters. The molecular weight excluding hydrogens is 294 g/mol. The van der Waals surface area contributed by atoms with Crippen LogP contribution in [0.25, 0.3) is 0 Å². The van der Waals surface area contributed by atoms with Crippen LogP contribution in [0.15, 0.2) is 11.8 Å². The highest BCUT2D eigenvalue weighted by molar-refractivity contribution is 5.16. The fourth-order valence-corrected chi connectivity index (χ4v) is 3.84. The number of nitrogens with zero attached hydrogens (tertiary/aromatic N) is 1. The molecule has 1 heterocycles. The molecule has 0 amide bonds. The molecule has 2 aliphatic rings. The lowest BCUT2D eigenvalue weighted by molar-refractivity contribution is -0.172. The van der Waals surface area contributed by atoms with Gasteiger partial charge in [0.15, 0.2) is 5.79 Å². The van der Waals surface area contributed by atoms with Gasteiger partial charge in [0, 0.05) is 25.0 Å². The number of ether oxygens (including phenoxy) is 2. The van der Waals surface area contributed by atoms with Crippen LogP contribution in [-0.2, 0) is 9.47 Å². The van der Waals surface area contributed by atoms with Crippen LogP contribution in [0.3, 0.4) is 0 Å². The molecule has 5 heteroatoms. The van der Waals surface area contributed by atoms with Crippen molar-refractivity contribution >= 4 is 0 Å². The minimum absolute atomic E-state index is 0.0241. The summed E-state index contributed by atoms with van der Waals surface area (Å²) < 4.78 is 12.0. The Morgan fingerprint density at radius 1 is 1.35 bits per heavy atom. The van der Waals surface area contributed by atoms with Gasteiger partial charge in [0.2, 0.25) is 0 Å². The van der Waals surface area contributed by atoms with Gasteiger partial charge in [-0.05, 0) is 24.9 Å². The average molecular weight is 327 g/mol. The number of rotatable bonds is 5. The molecule has 134 valence electrons.